The van der Waals surface area contributed by atoms with Gasteiger partial charge in [0.1, 0.15) is 0 Å². The molecule has 0 saturated carbocycles. The van der Waals surface area contributed by atoms with Crippen molar-refractivity contribution < 1.29 is 5.11 Å². The zero-order chi connectivity index (χ0) is 20.7. The van der Waals surface area contributed by atoms with Crippen molar-refractivity contribution in [2.75, 3.05) is 0 Å². The monoisotopic (exact) mass is 393 g/mol. The van der Waals surface area contributed by atoms with Gasteiger partial charge in [0.15, 0.2) is 0 Å². The molecule has 2 aromatic rings. The maximum atomic E-state index is 12.3. The number of hydrogen-bond donors (Lipinski definition) is 2. The Morgan fingerprint density at radius 3 is 1.93 bits per heavy atom. The van der Waals surface area contributed by atoms with Crippen molar-refractivity contribution in [3.63, 3.8) is 0 Å². The molecule has 0 aromatic heterocycles. The molecule has 1 fully saturated rings. The average Bonchev–Trinajstić information content (AvgIpc) is 2.76. The Morgan fingerprint density at radius 1 is 0.793 bits per heavy atom. The molecule has 2 heteroatoms. The summed E-state index contributed by atoms with van der Waals surface area (Å²) in [5.41, 5.74) is 1.92. The van der Waals surface area contributed by atoms with E-state index in [4.69, 9.17) is 0 Å². The third-order valence-corrected chi connectivity index (χ3v) is 7.04. The number of hydrogen-bond acceptors (Lipinski definition) is 2. The quantitative estimate of drug-likeness (QED) is 0.458. The summed E-state index contributed by atoms with van der Waals surface area (Å²) in [6, 6.07) is 21.8. The Balaban J connectivity index is 1.98. The van der Waals surface area contributed by atoms with Crippen LogP contribution in [0.5, 0.6) is 0 Å². The highest BCUT2D eigenvalue weighted by Gasteiger charge is 2.52. The lowest BCUT2D eigenvalue weighted by Gasteiger charge is -2.53. The first kappa shape index (κ1) is 22.1. The van der Waals surface area contributed by atoms with Crippen LogP contribution in [0.2, 0.25) is 0 Å². The van der Waals surface area contributed by atoms with E-state index in [0.29, 0.717) is 0 Å². The zero-order valence-electron chi connectivity index (χ0n) is 18.5. The van der Waals surface area contributed by atoms with Gasteiger partial charge in [-0.05, 0) is 24.0 Å². The van der Waals surface area contributed by atoms with Gasteiger partial charge in [0, 0.05) is 23.9 Å². The van der Waals surface area contributed by atoms with Crippen molar-refractivity contribution in [1.82, 2.24) is 5.32 Å². The molecule has 2 nitrogen and oxygen atoms in total. The fourth-order valence-corrected chi connectivity index (χ4v) is 5.38. The number of nitrogens with one attached hydrogen (secondary N) is 1. The van der Waals surface area contributed by atoms with Crippen molar-refractivity contribution in [3.05, 3.63) is 71.8 Å². The van der Waals surface area contributed by atoms with Crippen molar-refractivity contribution in [2.24, 2.45) is 11.8 Å². The molecule has 158 valence electrons. The highest BCUT2D eigenvalue weighted by Crippen LogP contribution is 2.50. The summed E-state index contributed by atoms with van der Waals surface area (Å²) < 4.78 is 0. The molecule has 0 unspecified atom stereocenters. The van der Waals surface area contributed by atoms with Gasteiger partial charge in [0.25, 0.3) is 0 Å². The van der Waals surface area contributed by atoms with E-state index in [0.717, 1.165) is 25.7 Å². The van der Waals surface area contributed by atoms with E-state index < -0.39 is 5.60 Å². The van der Waals surface area contributed by atoms with Gasteiger partial charge >= 0.3 is 0 Å². The predicted octanol–water partition coefficient (Wildman–Crippen LogP) is 6.83. The third kappa shape index (κ3) is 4.92. The maximum Gasteiger partial charge on any atom is 0.0737 e. The molecule has 1 saturated heterocycles. The number of unbranched alkanes of at least 4 members (excludes halogenated alkanes) is 3. The Hall–Kier alpha value is -1.64. The molecular weight excluding hydrogens is 354 g/mol. The molecule has 29 heavy (non-hydrogen) atoms. The van der Waals surface area contributed by atoms with Crippen LogP contribution in [-0.2, 0) is 0 Å². The van der Waals surface area contributed by atoms with E-state index in [1.165, 1.54) is 30.4 Å². The third-order valence-electron chi connectivity index (χ3n) is 7.04. The van der Waals surface area contributed by atoms with Gasteiger partial charge in [-0.3, -0.25) is 0 Å². The summed E-state index contributed by atoms with van der Waals surface area (Å²) in [7, 11) is 0. The van der Waals surface area contributed by atoms with Gasteiger partial charge in [0.05, 0.1) is 5.60 Å². The lowest BCUT2D eigenvalue weighted by atomic mass is 9.62. The molecular formula is C27H39NO. The first-order valence-electron chi connectivity index (χ1n) is 11.7. The van der Waals surface area contributed by atoms with E-state index in [-0.39, 0.29) is 23.9 Å². The Kier molecular flexibility index (Phi) is 7.91. The lowest BCUT2D eigenvalue weighted by Crippen LogP contribution is -2.58. The topological polar surface area (TPSA) is 32.3 Å². The molecule has 1 aliphatic heterocycles. The van der Waals surface area contributed by atoms with Gasteiger partial charge in [0.2, 0.25) is 0 Å². The van der Waals surface area contributed by atoms with E-state index >= 15 is 0 Å². The summed E-state index contributed by atoms with van der Waals surface area (Å²) in [4.78, 5) is 0. The molecule has 0 radical (unpaired) electrons. The number of benzene rings is 2. The van der Waals surface area contributed by atoms with Crippen LogP contribution in [0.25, 0.3) is 0 Å². The van der Waals surface area contributed by atoms with Crippen molar-refractivity contribution in [3.8, 4) is 0 Å². The number of rotatable bonds is 9. The molecule has 2 N–H and O–H groups in total. The summed E-state index contributed by atoms with van der Waals surface area (Å²) >= 11 is 0. The van der Waals surface area contributed by atoms with E-state index in [9.17, 15) is 5.11 Å². The largest absolute Gasteiger partial charge is 0.389 e. The van der Waals surface area contributed by atoms with Crippen molar-refractivity contribution in [2.45, 2.75) is 83.4 Å². The molecule has 3 rings (SSSR count). The van der Waals surface area contributed by atoms with Gasteiger partial charge < -0.3 is 10.4 Å². The fourth-order valence-electron chi connectivity index (χ4n) is 5.38. The van der Waals surface area contributed by atoms with Crippen LogP contribution in [0, 0.1) is 11.8 Å². The van der Waals surface area contributed by atoms with E-state index in [2.05, 4.69) is 86.8 Å². The SMILES string of the molecule is CCCCCC[C@]1(O)[C@H](C)[C@H](c2ccccc2)N[C@H](c2ccccc2)[C@H]1CCC. The summed E-state index contributed by atoms with van der Waals surface area (Å²) in [6.07, 6.45) is 7.84. The van der Waals surface area contributed by atoms with Crippen LogP contribution < -0.4 is 5.32 Å². The second kappa shape index (κ2) is 10.4. The minimum atomic E-state index is -0.657. The molecule has 5 atom stereocenters. The Bertz CT molecular complexity index is 716. The van der Waals surface area contributed by atoms with Crippen LogP contribution in [-0.4, -0.2) is 10.7 Å². The number of aliphatic hydroxyl groups is 1. The summed E-state index contributed by atoms with van der Waals surface area (Å²) in [5.74, 6) is 0.398. The molecule has 1 aliphatic rings. The summed E-state index contributed by atoms with van der Waals surface area (Å²) in [6.45, 7) is 6.75. The smallest absolute Gasteiger partial charge is 0.0737 e. The standard InChI is InChI=1S/C27H39NO/c1-4-6-7-14-20-27(29)21(3)25(22-16-10-8-11-17-22)28-26(24(27)15-5-2)23-18-12-9-13-19-23/h8-13,16-19,21,24-26,28-29H,4-7,14-15,20H2,1-3H3/t21-,24-,25-,26-,27+/m1/s1. The van der Waals surface area contributed by atoms with E-state index in [1.54, 1.807) is 0 Å². The average molecular weight is 394 g/mol. The van der Waals surface area contributed by atoms with Crippen LogP contribution in [0.3, 0.4) is 0 Å². The maximum absolute atomic E-state index is 12.3. The highest BCUT2D eigenvalue weighted by molar-refractivity contribution is 5.28. The van der Waals surface area contributed by atoms with Crippen LogP contribution >= 0.6 is 0 Å². The lowest BCUT2D eigenvalue weighted by molar-refractivity contribution is -0.126. The van der Waals surface area contributed by atoms with Crippen molar-refractivity contribution in [1.29, 1.82) is 0 Å². The Morgan fingerprint density at radius 2 is 1.38 bits per heavy atom. The van der Waals surface area contributed by atoms with Gasteiger partial charge in [-0.25, -0.2) is 0 Å². The minimum absolute atomic E-state index is 0.158. The minimum Gasteiger partial charge on any atom is -0.389 e. The van der Waals surface area contributed by atoms with Gasteiger partial charge in [-0.2, -0.15) is 0 Å². The predicted molar refractivity (Wildman–Crippen MR) is 123 cm³/mol. The van der Waals surface area contributed by atoms with Crippen LogP contribution in [0.15, 0.2) is 60.7 Å². The van der Waals surface area contributed by atoms with Crippen molar-refractivity contribution >= 4 is 0 Å². The number of piperidine rings is 1. The fraction of sp³-hybridized carbons (Fsp3) is 0.556. The molecule has 0 aliphatic carbocycles. The molecule has 0 amide bonds. The zero-order valence-corrected chi connectivity index (χ0v) is 18.5. The molecule has 2 aromatic carbocycles. The van der Waals surface area contributed by atoms with Crippen LogP contribution in [0.1, 0.15) is 88.9 Å². The molecule has 1 heterocycles. The normalized spacial score (nSPS) is 29.7. The first-order valence-corrected chi connectivity index (χ1v) is 11.7. The highest BCUT2D eigenvalue weighted by atomic mass is 16.3. The molecule has 0 bridgehead atoms. The molecule has 0 spiro atoms. The van der Waals surface area contributed by atoms with Crippen LogP contribution in [0.4, 0.5) is 0 Å². The summed E-state index contributed by atoms with van der Waals surface area (Å²) in [5, 5.41) is 16.2. The second-order valence-electron chi connectivity index (χ2n) is 8.93. The second-order valence-corrected chi connectivity index (χ2v) is 8.93. The van der Waals surface area contributed by atoms with Gasteiger partial charge in [-0.15, -0.1) is 0 Å². The van der Waals surface area contributed by atoms with Gasteiger partial charge in [-0.1, -0.05) is 114 Å². The Labute approximate surface area is 177 Å². The van der Waals surface area contributed by atoms with E-state index in [1.807, 2.05) is 0 Å². The first-order chi connectivity index (χ1) is 14.1.